The third kappa shape index (κ3) is 2.77. The van der Waals surface area contributed by atoms with Gasteiger partial charge in [-0.3, -0.25) is 9.52 Å². The first-order chi connectivity index (χ1) is 11.8. The highest BCUT2D eigenvalue weighted by Crippen LogP contribution is 2.38. The van der Waals surface area contributed by atoms with Crippen LogP contribution in [0.1, 0.15) is 17.5 Å². The minimum absolute atomic E-state index is 0.0842. The fourth-order valence-electron chi connectivity index (χ4n) is 3.35. The molecule has 8 heteroatoms. The summed E-state index contributed by atoms with van der Waals surface area (Å²) in [5.74, 6) is -0.530. The third-order valence-electron chi connectivity index (χ3n) is 4.51. The molecule has 2 aliphatic rings. The molecule has 2 aromatic rings. The summed E-state index contributed by atoms with van der Waals surface area (Å²) < 4.78 is 41.1. The lowest BCUT2D eigenvalue weighted by atomic mass is 10.00. The Kier molecular flexibility index (Phi) is 3.73. The fourth-order valence-corrected chi connectivity index (χ4v) is 4.69. The SMILES string of the molecule is O=C1CCc2cc(S(=O)(=O)Nc3ccc(F)c(Cl)c3)cc3c2N1CC3. The Morgan fingerprint density at radius 2 is 1.80 bits per heavy atom. The minimum Gasteiger partial charge on any atom is -0.312 e. The molecular formula is C17H14ClFN2O3S. The second kappa shape index (κ2) is 5.71. The van der Waals surface area contributed by atoms with Crippen LogP contribution in [-0.2, 0) is 27.7 Å². The first-order valence-corrected chi connectivity index (χ1v) is 9.65. The molecule has 0 fully saturated rings. The number of sulfonamides is 1. The van der Waals surface area contributed by atoms with E-state index < -0.39 is 15.8 Å². The van der Waals surface area contributed by atoms with E-state index in [1.165, 1.54) is 12.1 Å². The highest BCUT2D eigenvalue weighted by Gasteiger charge is 2.32. The van der Waals surface area contributed by atoms with Gasteiger partial charge in [0.05, 0.1) is 21.3 Å². The quantitative estimate of drug-likeness (QED) is 0.889. The van der Waals surface area contributed by atoms with Crippen molar-refractivity contribution in [2.75, 3.05) is 16.2 Å². The Hall–Kier alpha value is -2.12. The van der Waals surface area contributed by atoms with Crippen molar-refractivity contribution in [1.82, 2.24) is 0 Å². The molecule has 0 saturated heterocycles. The van der Waals surface area contributed by atoms with Crippen molar-refractivity contribution in [3.63, 3.8) is 0 Å². The first kappa shape index (κ1) is 16.4. The van der Waals surface area contributed by atoms with Crippen molar-refractivity contribution in [3.05, 3.63) is 52.3 Å². The Balaban J connectivity index is 1.72. The molecule has 0 spiro atoms. The van der Waals surface area contributed by atoms with E-state index in [0.29, 0.717) is 25.8 Å². The van der Waals surface area contributed by atoms with Crippen LogP contribution in [0.15, 0.2) is 35.2 Å². The lowest BCUT2D eigenvalue weighted by Gasteiger charge is -2.25. The summed E-state index contributed by atoms with van der Waals surface area (Å²) in [6.07, 6.45) is 1.56. The number of rotatable bonds is 3. The van der Waals surface area contributed by atoms with E-state index in [-0.39, 0.29) is 21.5 Å². The zero-order chi connectivity index (χ0) is 17.8. The third-order valence-corrected chi connectivity index (χ3v) is 6.16. The molecule has 0 saturated carbocycles. The molecule has 0 atom stereocenters. The van der Waals surface area contributed by atoms with E-state index in [1.54, 1.807) is 17.0 Å². The van der Waals surface area contributed by atoms with Crippen molar-refractivity contribution in [2.24, 2.45) is 0 Å². The van der Waals surface area contributed by atoms with Crippen molar-refractivity contribution < 1.29 is 17.6 Å². The highest BCUT2D eigenvalue weighted by atomic mass is 35.5. The van der Waals surface area contributed by atoms with E-state index in [0.717, 1.165) is 22.9 Å². The van der Waals surface area contributed by atoms with Gasteiger partial charge in [-0.05, 0) is 54.3 Å². The smallest absolute Gasteiger partial charge is 0.261 e. The zero-order valence-electron chi connectivity index (χ0n) is 13.1. The number of anilines is 2. The van der Waals surface area contributed by atoms with Crippen LogP contribution in [0.4, 0.5) is 15.8 Å². The number of carbonyl (C=O) groups excluding carboxylic acids is 1. The second-order valence-electron chi connectivity index (χ2n) is 6.12. The highest BCUT2D eigenvalue weighted by molar-refractivity contribution is 7.92. The molecule has 4 rings (SSSR count). The zero-order valence-corrected chi connectivity index (χ0v) is 14.6. The molecule has 2 aromatic carbocycles. The Bertz CT molecular complexity index is 1010. The van der Waals surface area contributed by atoms with Crippen LogP contribution >= 0.6 is 11.6 Å². The number of benzene rings is 2. The average molecular weight is 381 g/mol. The molecule has 0 unspecified atom stereocenters. The van der Waals surface area contributed by atoms with Crippen molar-refractivity contribution in [1.29, 1.82) is 0 Å². The van der Waals surface area contributed by atoms with Crippen LogP contribution in [0.25, 0.3) is 0 Å². The summed E-state index contributed by atoms with van der Waals surface area (Å²) >= 11 is 5.70. The van der Waals surface area contributed by atoms with Crippen molar-refractivity contribution in [3.8, 4) is 0 Å². The Morgan fingerprint density at radius 3 is 2.52 bits per heavy atom. The van der Waals surface area contributed by atoms with Gasteiger partial charge in [-0.1, -0.05) is 11.6 Å². The molecule has 1 amide bonds. The van der Waals surface area contributed by atoms with E-state index in [9.17, 15) is 17.6 Å². The normalized spacial score (nSPS) is 16.1. The molecule has 130 valence electrons. The molecule has 0 aliphatic carbocycles. The summed E-state index contributed by atoms with van der Waals surface area (Å²) in [4.78, 5) is 13.8. The van der Waals surface area contributed by atoms with Gasteiger partial charge in [0.25, 0.3) is 10.0 Å². The molecule has 0 aromatic heterocycles. The number of carbonyl (C=O) groups is 1. The van der Waals surface area contributed by atoms with Gasteiger partial charge in [0.1, 0.15) is 5.82 Å². The van der Waals surface area contributed by atoms with Crippen LogP contribution < -0.4 is 9.62 Å². The molecule has 5 nitrogen and oxygen atoms in total. The van der Waals surface area contributed by atoms with Crippen molar-refractivity contribution >= 4 is 38.9 Å². The number of halogens is 2. The monoisotopic (exact) mass is 380 g/mol. The molecule has 25 heavy (non-hydrogen) atoms. The summed E-state index contributed by atoms with van der Waals surface area (Å²) in [5.41, 5.74) is 2.78. The topological polar surface area (TPSA) is 66.5 Å². The van der Waals surface area contributed by atoms with E-state index in [4.69, 9.17) is 11.6 Å². The van der Waals surface area contributed by atoms with Crippen LogP contribution in [0.2, 0.25) is 5.02 Å². The van der Waals surface area contributed by atoms with Gasteiger partial charge in [-0.2, -0.15) is 0 Å². The number of hydrogen-bond donors (Lipinski definition) is 1. The van der Waals surface area contributed by atoms with Gasteiger partial charge in [0.15, 0.2) is 0 Å². The number of amides is 1. The number of aryl methyl sites for hydroxylation is 1. The first-order valence-electron chi connectivity index (χ1n) is 7.79. The number of nitrogens with zero attached hydrogens (tertiary/aromatic N) is 1. The van der Waals surface area contributed by atoms with Crippen molar-refractivity contribution in [2.45, 2.75) is 24.2 Å². The number of nitrogens with one attached hydrogen (secondary N) is 1. The van der Waals surface area contributed by atoms with E-state index >= 15 is 0 Å². The molecule has 0 radical (unpaired) electrons. The maximum Gasteiger partial charge on any atom is 0.261 e. The predicted molar refractivity (Wildman–Crippen MR) is 93.0 cm³/mol. The van der Waals surface area contributed by atoms with Gasteiger partial charge >= 0.3 is 0 Å². The van der Waals surface area contributed by atoms with Gasteiger partial charge in [-0.15, -0.1) is 0 Å². The fraction of sp³-hybridized carbons (Fsp3) is 0.235. The lowest BCUT2D eigenvalue weighted by molar-refractivity contribution is -0.118. The molecule has 1 N–H and O–H groups in total. The van der Waals surface area contributed by atoms with Crippen LogP contribution in [0, 0.1) is 5.82 Å². The summed E-state index contributed by atoms with van der Waals surface area (Å²) in [5, 5.41) is -0.154. The molecular weight excluding hydrogens is 367 g/mol. The van der Waals surface area contributed by atoms with Crippen LogP contribution in [0.5, 0.6) is 0 Å². The largest absolute Gasteiger partial charge is 0.312 e. The maximum atomic E-state index is 13.2. The van der Waals surface area contributed by atoms with Gasteiger partial charge in [0, 0.05) is 13.0 Å². The van der Waals surface area contributed by atoms with Crippen LogP contribution in [0.3, 0.4) is 0 Å². The summed E-state index contributed by atoms with van der Waals surface area (Å²) in [6.45, 7) is 0.589. The van der Waals surface area contributed by atoms with Gasteiger partial charge in [0.2, 0.25) is 5.91 Å². The van der Waals surface area contributed by atoms with Crippen LogP contribution in [-0.4, -0.2) is 20.9 Å². The summed E-state index contributed by atoms with van der Waals surface area (Å²) in [6, 6.07) is 6.86. The minimum atomic E-state index is -3.84. The Morgan fingerprint density at radius 1 is 1.08 bits per heavy atom. The average Bonchev–Trinajstić information content (AvgIpc) is 2.99. The molecule has 0 bridgehead atoms. The molecule has 2 aliphatic heterocycles. The summed E-state index contributed by atoms with van der Waals surface area (Å²) in [7, 11) is -3.84. The Labute approximate surface area is 149 Å². The number of hydrogen-bond acceptors (Lipinski definition) is 3. The molecule has 2 heterocycles. The van der Waals surface area contributed by atoms with E-state index in [1.807, 2.05) is 0 Å². The van der Waals surface area contributed by atoms with E-state index in [2.05, 4.69) is 4.72 Å². The predicted octanol–water partition coefficient (Wildman–Crippen LogP) is 3.12. The van der Waals surface area contributed by atoms with Gasteiger partial charge < -0.3 is 4.90 Å². The second-order valence-corrected chi connectivity index (χ2v) is 8.21. The van der Waals surface area contributed by atoms with Gasteiger partial charge in [-0.25, -0.2) is 12.8 Å². The standard InChI is InChI=1S/C17H14ClFN2O3S/c18-14-9-12(2-3-15(14)19)20-25(23,24)13-7-10-1-4-16(22)21-6-5-11(8-13)17(10)21/h2-3,7-9,20H,1,4-6H2. The lowest BCUT2D eigenvalue weighted by Crippen LogP contribution is -2.33. The maximum absolute atomic E-state index is 13.2.